The molecule has 0 saturated heterocycles. The van der Waals surface area contributed by atoms with Crippen LogP contribution < -0.4 is 10.1 Å². The summed E-state index contributed by atoms with van der Waals surface area (Å²) in [5.74, 6) is 1.84. The van der Waals surface area contributed by atoms with Crippen molar-refractivity contribution in [2.75, 3.05) is 27.3 Å². The van der Waals surface area contributed by atoms with Crippen LogP contribution in [0.3, 0.4) is 0 Å². The van der Waals surface area contributed by atoms with E-state index in [1.165, 1.54) is 5.56 Å². The molecule has 1 aromatic carbocycles. The minimum absolute atomic E-state index is 0.0304. The first-order valence-corrected chi connectivity index (χ1v) is 8.19. The molecule has 0 bridgehead atoms. The van der Waals surface area contributed by atoms with Gasteiger partial charge in [-0.2, -0.15) is 4.98 Å². The Bertz CT molecular complexity index is 693. The van der Waals surface area contributed by atoms with Gasteiger partial charge in [0.1, 0.15) is 11.9 Å². The van der Waals surface area contributed by atoms with Crippen LogP contribution in [0.15, 0.2) is 28.8 Å². The van der Waals surface area contributed by atoms with Crippen molar-refractivity contribution in [2.45, 2.75) is 25.5 Å². The average Bonchev–Trinajstić information content (AvgIpc) is 3.23. The normalized spacial score (nSPS) is 15.5. The molecule has 0 radical (unpaired) electrons. The number of benzene rings is 1. The zero-order valence-electron chi connectivity index (χ0n) is 14.4. The van der Waals surface area contributed by atoms with Crippen LogP contribution in [0.2, 0.25) is 0 Å². The number of ether oxygens (including phenoxy) is 2. The van der Waals surface area contributed by atoms with E-state index >= 15 is 0 Å². The molecule has 0 fully saturated rings. The second-order valence-corrected chi connectivity index (χ2v) is 5.94. The zero-order chi connectivity index (χ0) is 17.6. The largest absolute Gasteiger partial charge is 0.488 e. The van der Waals surface area contributed by atoms with Crippen LogP contribution >= 0.6 is 0 Å². The SMILES string of the molecule is COCCc1noc(CNC(=O)N(C)C[C@H]2Cc3ccccc3O2)n1. The highest BCUT2D eigenvalue weighted by Gasteiger charge is 2.25. The number of carbonyl (C=O) groups excluding carboxylic acids is 1. The van der Waals surface area contributed by atoms with Gasteiger partial charge in [-0.05, 0) is 11.6 Å². The number of para-hydroxylation sites is 1. The number of hydrogen-bond donors (Lipinski definition) is 1. The Morgan fingerprint density at radius 3 is 3.08 bits per heavy atom. The van der Waals surface area contributed by atoms with Crippen molar-refractivity contribution in [1.29, 1.82) is 0 Å². The molecule has 0 spiro atoms. The van der Waals surface area contributed by atoms with E-state index < -0.39 is 0 Å². The molecule has 134 valence electrons. The standard InChI is InChI=1S/C17H22N4O4/c1-21(11-13-9-12-5-3-4-6-14(12)24-13)17(22)18-10-16-19-15(20-25-16)7-8-23-2/h3-6,13H,7-11H2,1-2H3,(H,18,22)/t13-/m1/s1. The van der Waals surface area contributed by atoms with E-state index in [1.54, 1.807) is 19.1 Å². The van der Waals surface area contributed by atoms with E-state index in [2.05, 4.69) is 15.5 Å². The first-order valence-electron chi connectivity index (χ1n) is 8.19. The van der Waals surface area contributed by atoms with E-state index in [4.69, 9.17) is 14.0 Å². The lowest BCUT2D eigenvalue weighted by molar-refractivity contribution is 0.163. The van der Waals surface area contributed by atoms with Crippen molar-refractivity contribution in [1.82, 2.24) is 20.4 Å². The number of carbonyl (C=O) groups is 1. The van der Waals surface area contributed by atoms with E-state index in [1.807, 2.05) is 24.3 Å². The number of aromatic nitrogens is 2. The van der Waals surface area contributed by atoms with Crippen LogP contribution in [0.5, 0.6) is 5.75 Å². The lowest BCUT2D eigenvalue weighted by atomic mass is 10.1. The van der Waals surface area contributed by atoms with E-state index in [-0.39, 0.29) is 18.7 Å². The summed E-state index contributed by atoms with van der Waals surface area (Å²) in [6.45, 7) is 1.22. The Morgan fingerprint density at radius 1 is 1.44 bits per heavy atom. The highest BCUT2D eigenvalue weighted by Crippen LogP contribution is 2.28. The third kappa shape index (κ3) is 4.48. The Hall–Kier alpha value is -2.61. The number of fused-ring (bicyclic) bond motifs is 1. The Kier molecular flexibility index (Phi) is 5.49. The number of rotatable bonds is 7. The van der Waals surface area contributed by atoms with Crippen molar-refractivity contribution in [3.8, 4) is 5.75 Å². The topological polar surface area (TPSA) is 89.7 Å². The maximum absolute atomic E-state index is 12.2. The number of nitrogens with one attached hydrogen (secondary N) is 1. The molecule has 1 atom stereocenters. The molecule has 8 heteroatoms. The predicted molar refractivity (Wildman–Crippen MR) is 89.3 cm³/mol. The fourth-order valence-electron chi connectivity index (χ4n) is 2.69. The number of amides is 2. The quantitative estimate of drug-likeness (QED) is 0.815. The Labute approximate surface area is 146 Å². The van der Waals surface area contributed by atoms with Gasteiger partial charge >= 0.3 is 6.03 Å². The van der Waals surface area contributed by atoms with Crippen LogP contribution in [0, 0.1) is 0 Å². The molecule has 0 saturated carbocycles. The fourth-order valence-corrected chi connectivity index (χ4v) is 2.69. The molecule has 0 aliphatic carbocycles. The maximum atomic E-state index is 12.2. The van der Waals surface area contributed by atoms with Crippen molar-refractivity contribution < 1.29 is 18.8 Å². The molecule has 2 aromatic rings. The van der Waals surface area contributed by atoms with Gasteiger partial charge in [-0.3, -0.25) is 0 Å². The van der Waals surface area contributed by atoms with Crippen molar-refractivity contribution in [3.05, 3.63) is 41.5 Å². The highest BCUT2D eigenvalue weighted by molar-refractivity contribution is 5.73. The van der Waals surface area contributed by atoms with Gasteiger partial charge in [-0.1, -0.05) is 23.4 Å². The summed E-state index contributed by atoms with van der Waals surface area (Å²) in [5.41, 5.74) is 1.18. The minimum Gasteiger partial charge on any atom is -0.488 e. The second-order valence-electron chi connectivity index (χ2n) is 5.94. The van der Waals surface area contributed by atoms with E-state index in [0.29, 0.717) is 31.3 Å². The molecule has 8 nitrogen and oxygen atoms in total. The van der Waals surface area contributed by atoms with E-state index in [0.717, 1.165) is 12.2 Å². The van der Waals surface area contributed by atoms with Gasteiger partial charge in [-0.15, -0.1) is 0 Å². The van der Waals surface area contributed by atoms with Crippen molar-refractivity contribution in [2.24, 2.45) is 0 Å². The molecular weight excluding hydrogens is 324 g/mol. The van der Waals surface area contributed by atoms with Crippen LogP contribution in [0.1, 0.15) is 17.3 Å². The summed E-state index contributed by atoms with van der Waals surface area (Å²) >= 11 is 0. The number of urea groups is 1. The Balaban J connectivity index is 1.43. The lowest BCUT2D eigenvalue weighted by Crippen LogP contribution is -2.42. The summed E-state index contributed by atoms with van der Waals surface area (Å²) in [6.07, 6.45) is 1.35. The van der Waals surface area contributed by atoms with Gasteiger partial charge < -0.3 is 24.2 Å². The van der Waals surface area contributed by atoms with Crippen LogP contribution in [0.4, 0.5) is 4.79 Å². The molecule has 1 aliphatic rings. The molecule has 2 amide bonds. The molecule has 25 heavy (non-hydrogen) atoms. The van der Waals surface area contributed by atoms with Crippen molar-refractivity contribution in [3.63, 3.8) is 0 Å². The minimum atomic E-state index is -0.212. The molecule has 0 unspecified atom stereocenters. The van der Waals surface area contributed by atoms with Gasteiger partial charge in [0.15, 0.2) is 5.82 Å². The number of methoxy groups -OCH3 is 1. The van der Waals surface area contributed by atoms with Gasteiger partial charge in [0.05, 0.1) is 19.7 Å². The average molecular weight is 346 g/mol. The van der Waals surface area contributed by atoms with Gasteiger partial charge in [0.25, 0.3) is 0 Å². The van der Waals surface area contributed by atoms with Crippen molar-refractivity contribution >= 4 is 6.03 Å². The van der Waals surface area contributed by atoms with Gasteiger partial charge in [0, 0.05) is 27.0 Å². The zero-order valence-corrected chi connectivity index (χ0v) is 14.4. The monoisotopic (exact) mass is 346 g/mol. The first-order chi connectivity index (χ1) is 12.2. The summed E-state index contributed by atoms with van der Waals surface area (Å²) in [5, 5.41) is 6.60. The number of hydrogen-bond acceptors (Lipinski definition) is 6. The Morgan fingerprint density at radius 2 is 2.28 bits per heavy atom. The molecule has 1 aromatic heterocycles. The van der Waals surface area contributed by atoms with Gasteiger partial charge in [0.2, 0.25) is 5.89 Å². The summed E-state index contributed by atoms with van der Waals surface area (Å²) < 4.78 is 15.9. The second kappa shape index (κ2) is 7.98. The molecule has 1 aliphatic heterocycles. The van der Waals surface area contributed by atoms with Gasteiger partial charge in [-0.25, -0.2) is 4.79 Å². The summed E-state index contributed by atoms with van der Waals surface area (Å²) in [6, 6.07) is 7.73. The fraction of sp³-hybridized carbons (Fsp3) is 0.471. The molecule has 1 N–H and O–H groups in total. The smallest absolute Gasteiger partial charge is 0.317 e. The van der Waals surface area contributed by atoms with Crippen LogP contribution in [-0.4, -0.2) is 54.5 Å². The summed E-state index contributed by atoms with van der Waals surface area (Å²) in [7, 11) is 3.35. The van der Waals surface area contributed by atoms with Crippen LogP contribution in [0.25, 0.3) is 0 Å². The maximum Gasteiger partial charge on any atom is 0.317 e. The number of nitrogens with zero attached hydrogens (tertiary/aromatic N) is 3. The summed E-state index contributed by atoms with van der Waals surface area (Å²) in [4.78, 5) is 18.0. The lowest BCUT2D eigenvalue weighted by Gasteiger charge is -2.21. The number of likely N-dealkylation sites (N-methyl/N-ethyl adjacent to an activating group) is 1. The molecule has 2 heterocycles. The first kappa shape index (κ1) is 17.2. The molecule has 3 rings (SSSR count). The highest BCUT2D eigenvalue weighted by atomic mass is 16.5. The third-order valence-electron chi connectivity index (χ3n) is 3.97. The molecular formula is C17H22N4O4. The van der Waals surface area contributed by atoms with Crippen LogP contribution in [-0.2, 0) is 24.1 Å². The third-order valence-corrected chi connectivity index (χ3v) is 3.97. The predicted octanol–water partition coefficient (Wildman–Crippen LogP) is 1.40. The van der Waals surface area contributed by atoms with E-state index in [9.17, 15) is 4.79 Å².